The number of methoxy groups -OCH3 is 3. The van der Waals surface area contributed by atoms with Gasteiger partial charge in [-0.1, -0.05) is 61.7 Å². The molecule has 1 aliphatic carbocycles. The minimum Gasteiger partial charge on any atom is -0.493 e. The minimum atomic E-state index is -1.02. The Kier molecular flexibility index (Phi) is 9.36. The van der Waals surface area contributed by atoms with Crippen molar-refractivity contribution in [3.05, 3.63) is 77.9 Å². The summed E-state index contributed by atoms with van der Waals surface area (Å²) < 4.78 is 28.8. The number of carbonyl (C=O) groups is 2. The molecule has 1 fully saturated rings. The van der Waals surface area contributed by atoms with E-state index in [1.54, 1.807) is 29.2 Å². The van der Waals surface area contributed by atoms with Crippen LogP contribution in [0.1, 0.15) is 49.3 Å². The molecule has 2 atom stereocenters. The first-order valence-corrected chi connectivity index (χ1v) is 14.4. The number of amides is 2. The lowest BCUT2D eigenvalue weighted by molar-refractivity contribution is -0.149. The Morgan fingerprint density at radius 1 is 0.881 bits per heavy atom. The van der Waals surface area contributed by atoms with Gasteiger partial charge in [-0.25, -0.2) is 0 Å². The molecular formula is C33H38N2O7. The third-order valence-corrected chi connectivity index (χ3v) is 7.78. The molecule has 0 aromatic heterocycles. The van der Waals surface area contributed by atoms with Gasteiger partial charge in [0.15, 0.2) is 23.0 Å². The minimum absolute atomic E-state index is 0.0212. The maximum absolute atomic E-state index is 14.4. The molecule has 1 aliphatic heterocycles. The van der Waals surface area contributed by atoms with Crippen molar-refractivity contribution in [3.8, 4) is 28.7 Å². The average molecular weight is 575 g/mol. The number of rotatable bonds is 10. The van der Waals surface area contributed by atoms with Crippen molar-refractivity contribution in [1.29, 1.82) is 0 Å². The second kappa shape index (κ2) is 13.5. The summed E-state index contributed by atoms with van der Waals surface area (Å²) in [5.74, 6) is 1.59. The van der Waals surface area contributed by atoms with Crippen LogP contribution in [-0.2, 0) is 16.1 Å². The molecule has 0 saturated heterocycles. The number of hydrogen-bond donors (Lipinski definition) is 1. The van der Waals surface area contributed by atoms with Gasteiger partial charge in [0.25, 0.3) is 5.91 Å². The number of fused-ring (bicyclic) bond motifs is 1. The van der Waals surface area contributed by atoms with E-state index < -0.39 is 12.1 Å². The smallest absolute Gasteiger partial charge is 0.268 e. The molecule has 0 unspecified atom stereocenters. The Balaban J connectivity index is 1.58. The number of benzene rings is 3. The lowest BCUT2D eigenvalue weighted by atomic mass is 9.94. The van der Waals surface area contributed by atoms with Gasteiger partial charge in [0, 0.05) is 12.6 Å². The standard InChI is InChI=1S/C33H38N2O7/c1-38-27-18-23(19-28(39-2)31(27)40-3)30(32(36)34-24-14-8-5-9-15-24)35(20-22-12-6-4-7-13-22)33(37)29-21-41-25-16-10-11-17-26(25)42-29/h4,6-7,10-13,16-19,24,29-30H,5,8-9,14-15,20-21H2,1-3H3,(H,34,36)/t29-,30+/m0/s1. The Labute approximate surface area is 246 Å². The molecule has 2 amide bonds. The van der Waals surface area contributed by atoms with Crippen LogP contribution in [0, 0.1) is 0 Å². The molecule has 9 heteroatoms. The fraction of sp³-hybridized carbons (Fsp3) is 0.394. The van der Waals surface area contributed by atoms with E-state index in [1.807, 2.05) is 42.5 Å². The summed E-state index contributed by atoms with van der Waals surface area (Å²) in [4.78, 5) is 30.3. The van der Waals surface area contributed by atoms with Crippen molar-refractivity contribution in [2.45, 2.75) is 56.8 Å². The second-order valence-corrected chi connectivity index (χ2v) is 10.5. The maximum Gasteiger partial charge on any atom is 0.268 e. The van der Waals surface area contributed by atoms with Crippen molar-refractivity contribution in [1.82, 2.24) is 10.2 Å². The lowest BCUT2D eigenvalue weighted by Crippen LogP contribution is -2.52. The lowest BCUT2D eigenvalue weighted by Gasteiger charge is -2.36. The van der Waals surface area contributed by atoms with Crippen molar-refractivity contribution < 1.29 is 33.3 Å². The van der Waals surface area contributed by atoms with Gasteiger partial charge < -0.3 is 33.9 Å². The van der Waals surface area contributed by atoms with E-state index in [-0.39, 0.29) is 31.0 Å². The van der Waals surface area contributed by atoms with Crippen LogP contribution in [0.25, 0.3) is 0 Å². The van der Waals surface area contributed by atoms with E-state index in [1.165, 1.54) is 21.3 Å². The van der Waals surface area contributed by atoms with Gasteiger partial charge in [-0.2, -0.15) is 0 Å². The summed E-state index contributed by atoms with van der Waals surface area (Å²) in [7, 11) is 4.57. The zero-order valence-corrected chi connectivity index (χ0v) is 24.3. The molecule has 222 valence electrons. The SMILES string of the molecule is COc1cc([C@H](C(=O)NC2CCCCC2)N(Cc2ccccc2)C(=O)[C@@H]2COc3ccccc3O2)cc(OC)c1OC. The molecule has 3 aromatic rings. The zero-order chi connectivity index (χ0) is 29.5. The molecule has 9 nitrogen and oxygen atoms in total. The van der Waals surface area contributed by atoms with E-state index in [0.29, 0.717) is 34.3 Å². The van der Waals surface area contributed by atoms with Crippen molar-refractivity contribution in [3.63, 3.8) is 0 Å². The normalized spacial score (nSPS) is 17.1. The van der Waals surface area contributed by atoms with Gasteiger partial charge >= 0.3 is 0 Å². The van der Waals surface area contributed by atoms with E-state index in [2.05, 4.69) is 5.32 Å². The first kappa shape index (κ1) is 29.1. The quantitative estimate of drug-likeness (QED) is 0.361. The Hall–Kier alpha value is -4.40. The summed E-state index contributed by atoms with van der Waals surface area (Å²) in [6.07, 6.45) is 4.11. The van der Waals surface area contributed by atoms with Gasteiger partial charge in [0.05, 0.1) is 21.3 Å². The van der Waals surface area contributed by atoms with E-state index >= 15 is 0 Å². The number of nitrogens with zero attached hydrogens (tertiary/aromatic N) is 1. The summed E-state index contributed by atoms with van der Waals surface area (Å²) >= 11 is 0. The summed E-state index contributed by atoms with van der Waals surface area (Å²) in [6, 6.07) is 19.3. The van der Waals surface area contributed by atoms with E-state index in [9.17, 15) is 9.59 Å². The molecule has 1 N–H and O–H groups in total. The predicted octanol–water partition coefficient (Wildman–Crippen LogP) is 5.07. The van der Waals surface area contributed by atoms with Gasteiger partial charge in [0.2, 0.25) is 17.8 Å². The largest absolute Gasteiger partial charge is 0.493 e. The predicted molar refractivity (Wildman–Crippen MR) is 157 cm³/mol. The third-order valence-electron chi connectivity index (χ3n) is 7.78. The topological polar surface area (TPSA) is 95.6 Å². The molecule has 42 heavy (non-hydrogen) atoms. The monoisotopic (exact) mass is 574 g/mol. The number of hydrogen-bond acceptors (Lipinski definition) is 7. The first-order chi connectivity index (χ1) is 20.5. The van der Waals surface area contributed by atoms with E-state index in [0.717, 1.165) is 37.7 Å². The van der Waals surface area contributed by atoms with Crippen LogP contribution >= 0.6 is 0 Å². The molecular weight excluding hydrogens is 536 g/mol. The third kappa shape index (κ3) is 6.40. The summed E-state index contributed by atoms with van der Waals surface area (Å²) in [5, 5.41) is 3.24. The van der Waals surface area contributed by atoms with Crippen LogP contribution < -0.4 is 29.0 Å². The maximum atomic E-state index is 14.4. The van der Waals surface area contributed by atoms with Crippen molar-refractivity contribution >= 4 is 11.8 Å². The molecule has 5 rings (SSSR count). The molecule has 0 spiro atoms. The zero-order valence-electron chi connectivity index (χ0n) is 24.3. The first-order valence-electron chi connectivity index (χ1n) is 14.4. The van der Waals surface area contributed by atoms with Crippen LogP contribution in [0.4, 0.5) is 0 Å². The van der Waals surface area contributed by atoms with Crippen LogP contribution in [0.5, 0.6) is 28.7 Å². The number of para-hydroxylation sites is 2. The number of carbonyl (C=O) groups excluding carboxylic acids is 2. The van der Waals surface area contributed by atoms with Gasteiger partial charge in [-0.3, -0.25) is 9.59 Å². The van der Waals surface area contributed by atoms with E-state index in [4.69, 9.17) is 23.7 Å². The molecule has 0 radical (unpaired) electrons. The average Bonchev–Trinajstić information content (AvgIpc) is 3.04. The molecule has 0 bridgehead atoms. The summed E-state index contributed by atoms with van der Waals surface area (Å²) in [6.45, 7) is 0.188. The molecule has 1 saturated carbocycles. The number of ether oxygens (including phenoxy) is 5. The van der Waals surface area contributed by atoms with Crippen LogP contribution in [-0.4, -0.2) is 56.8 Å². The van der Waals surface area contributed by atoms with Crippen LogP contribution in [0.2, 0.25) is 0 Å². The highest BCUT2D eigenvalue weighted by atomic mass is 16.6. The highest BCUT2D eigenvalue weighted by Crippen LogP contribution is 2.41. The van der Waals surface area contributed by atoms with Crippen LogP contribution in [0.15, 0.2) is 66.7 Å². The van der Waals surface area contributed by atoms with Crippen molar-refractivity contribution in [2.24, 2.45) is 0 Å². The van der Waals surface area contributed by atoms with Crippen molar-refractivity contribution in [2.75, 3.05) is 27.9 Å². The Morgan fingerprint density at radius 2 is 1.52 bits per heavy atom. The Morgan fingerprint density at radius 3 is 2.17 bits per heavy atom. The number of nitrogens with one attached hydrogen (secondary N) is 1. The highest BCUT2D eigenvalue weighted by Gasteiger charge is 2.39. The molecule has 3 aromatic carbocycles. The molecule has 2 aliphatic rings. The fourth-order valence-corrected chi connectivity index (χ4v) is 5.66. The van der Waals surface area contributed by atoms with Crippen LogP contribution in [0.3, 0.4) is 0 Å². The second-order valence-electron chi connectivity index (χ2n) is 10.5. The Bertz CT molecular complexity index is 1350. The fourth-order valence-electron chi connectivity index (χ4n) is 5.66. The van der Waals surface area contributed by atoms with Gasteiger partial charge in [0.1, 0.15) is 12.6 Å². The van der Waals surface area contributed by atoms with Gasteiger partial charge in [-0.15, -0.1) is 0 Å². The highest BCUT2D eigenvalue weighted by molar-refractivity contribution is 5.91. The summed E-state index contributed by atoms with van der Waals surface area (Å²) in [5.41, 5.74) is 1.39. The van der Waals surface area contributed by atoms with Gasteiger partial charge in [-0.05, 0) is 48.2 Å². The molecule has 1 heterocycles.